The number of carbonyl (C=O) groups is 1. The van der Waals surface area contributed by atoms with Gasteiger partial charge in [-0.1, -0.05) is 6.07 Å². The van der Waals surface area contributed by atoms with E-state index in [1.54, 1.807) is 30.1 Å². The van der Waals surface area contributed by atoms with Gasteiger partial charge in [0.05, 0.1) is 11.6 Å². The van der Waals surface area contributed by atoms with Crippen molar-refractivity contribution in [2.75, 3.05) is 24.7 Å². The molecular formula is C18H20N4OS. The fraction of sp³-hybridized carbons (Fsp3) is 0.278. The Labute approximate surface area is 146 Å². The first-order valence-corrected chi connectivity index (χ1v) is 8.59. The predicted molar refractivity (Wildman–Crippen MR) is 96.9 cm³/mol. The normalized spacial score (nSPS) is 10.0. The van der Waals surface area contributed by atoms with Crippen LogP contribution in [0.1, 0.15) is 17.5 Å². The third-order valence-corrected chi connectivity index (χ3v) is 4.36. The topological polar surface area (TPSA) is 69.0 Å². The molecule has 0 aliphatic heterocycles. The maximum Gasteiger partial charge on any atom is 0.221 e. The Kier molecular flexibility index (Phi) is 6.64. The van der Waals surface area contributed by atoms with Gasteiger partial charge in [0.25, 0.3) is 0 Å². The van der Waals surface area contributed by atoms with Gasteiger partial charge in [0.2, 0.25) is 5.91 Å². The first kappa shape index (κ1) is 17.8. The van der Waals surface area contributed by atoms with Gasteiger partial charge in [-0.15, -0.1) is 11.8 Å². The van der Waals surface area contributed by atoms with E-state index in [9.17, 15) is 4.79 Å². The van der Waals surface area contributed by atoms with Crippen LogP contribution in [0, 0.1) is 11.3 Å². The van der Waals surface area contributed by atoms with Gasteiger partial charge in [0.1, 0.15) is 5.82 Å². The highest BCUT2D eigenvalue weighted by Gasteiger charge is 2.07. The second kappa shape index (κ2) is 8.94. The molecule has 0 saturated carbocycles. The monoisotopic (exact) mass is 340 g/mol. The van der Waals surface area contributed by atoms with Crippen LogP contribution in [-0.2, 0) is 11.3 Å². The Balaban J connectivity index is 1.76. The molecule has 0 bridgehead atoms. The number of nitriles is 1. The van der Waals surface area contributed by atoms with Gasteiger partial charge < -0.3 is 10.2 Å². The summed E-state index contributed by atoms with van der Waals surface area (Å²) in [7, 11) is 3.86. The molecule has 5 nitrogen and oxygen atoms in total. The summed E-state index contributed by atoms with van der Waals surface area (Å²) in [6, 6.07) is 13.3. The molecule has 0 atom stereocenters. The van der Waals surface area contributed by atoms with Gasteiger partial charge in [-0.2, -0.15) is 5.26 Å². The van der Waals surface area contributed by atoms with Crippen molar-refractivity contribution in [1.29, 1.82) is 5.26 Å². The summed E-state index contributed by atoms with van der Waals surface area (Å²) >= 11 is 1.61. The number of amides is 1. The number of rotatable bonds is 7. The Bertz CT molecular complexity index is 723. The van der Waals surface area contributed by atoms with Crippen LogP contribution in [0.25, 0.3) is 0 Å². The summed E-state index contributed by atoms with van der Waals surface area (Å²) in [4.78, 5) is 19.3. The van der Waals surface area contributed by atoms with Crippen LogP contribution in [0.4, 0.5) is 5.82 Å². The van der Waals surface area contributed by atoms with E-state index in [4.69, 9.17) is 5.26 Å². The summed E-state index contributed by atoms with van der Waals surface area (Å²) < 4.78 is 0. The van der Waals surface area contributed by atoms with Gasteiger partial charge in [-0.25, -0.2) is 4.98 Å². The van der Waals surface area contributed by atoms with Crippen LogP contribution < -0.4 is 10.2 Å². The molecule has 0 aliphatic rings. The zero-order chi connectivity index (χ0) is 17.4. The zero-order valence-electron chi connectivity index (χ0n) is 13.8. The van der Waals surface area contributed by atoms with E-state index in [0.717, 1.165) is 16.3 Å². The maximum absolute atomic E-state index is 12.0. The van der Waals surface area contributed by atoms with Crippen molar-refractivity contribution in [3.63, 3.8) is 0 Å². The number of aromatic nitrogens is 1. The zero-order valence-corrected chi connectivity index (χ0v) is 14.6. The van der Waals surface area contributed by atoms with Gasteiger partial charge >= 0.3 is 0 Å². The van der Waals surface area contributed by atoms with Crippen molar-refractivity contribution in [3.05, 3.63) is 53.7 Å². The van der Waals surface area contributed by atoms with E-state index in [2.05, 4.69) is 16.4 Å². The molecule has 1 aromatic heterocycles. The Morgan fingerprint density at radius 2 is 2.04 bits per heavy atom. The summed E-state index contributed by atoms with van der Waals surface area (Å²) in [5, 5.41) is 11.7. The molecule has 6 heteroatoms. The molecule has 1 amide bonds. The molecule has 2 rings (SSSR count). The van der Waals surface area contributed by atoms with Gasteiger partial charge in [-0.3, -0.25) is 4.79 Å². The molecule has 1 N–H and O–H groups in total. The molecule has 0 fully saturated rings. The standard InChI is InChI=1S/C18H20N4OS/c1-22(2)18-15(4-3-10-20-18)13-21-17(23)9-11-24-16-7-5-14(12-19)6-8-16/h3-8,10H,9,11,13H2,1-2H3,(H,21,23). The highest BCUT2D eigenvalue weighted by atomic mass is 32.2. The van der Waals surface area contributed by atoms with Crippen LogP contribution in [0.2, 0.25) is 0 Å². The SMILES string of the molecule is CN(C)c1ncccc1CNC(=O)CCSc1ccc(C#N)cc1. The first-order valence-electron chi connectivity index (χ1n) is 7.61. The van der Waals surface area contributed by atoms with E-state index in [0.29, 0.717) is 24.3 Å². The largest absolute Gasteiger partial charge is 0.362 e. The summed E-state index contributed by atoms with van der Waals surface area (Å²) in [5.41, 5.74) is 1.64. The average Bonchev–Trinajstić information content (AvgIpc) is 2.60. The van der Waals surface area contributed by atoms with Crippen molar-refractivity contribution in [1.82, 2.24) is 10.3 Å². The fourth-order valence-corrected chi connectivity index (χ4v) is 2.99. The Morgan fingerprint density at radius 3 is 2.71 bits per heavy atom. The van der Waals surface area contributed by atoms with Gasteiger partial charge in [0, 0.05) is 49.5 Å². The first-order chi connectivity index (χ1) is 11.6. The number of nitrogens with zero attached hydrogens (tertiary/aromatic N) is 3. The number of benzene rings is 1. The molecule has 0 saturated heterocycles. The fourth-order valence-electron chi connectivity index (χ4n) is 2.14. The smallest absolute Gasteiger partial charge is 0.221 e. The number of hydrogen-bond acceptors (Lipinski definition) is 5. The maximum atomic E-state index is 12.0. The molecule has 0 aliphatic carbocycles. The lowest BCUT2D eigenvalue weighted by Crippen LogP contribution is -2.24. The highest BCUT2D eigenvalue weighted by Crippen LogP contribution is 2.19. The third-order valence-electron chi connectivity index (χ3n) is 3.35. The summed E-state index contributed by atoms with van der Waals surface area (Å²) in [6.07, 6.45) is 2.19. The van der Waals surface area contributed by atoms with E-state index >= 15 is 0 Å². The van der Waals surface area contributed by atoms with Gasteiger partial charge in [-0.05, 0) is 30.3 Å². The number of pyridine rings is 1. The minimum absolute atomic E-state index is 0.0182. The highest BCUT2D eigenvalue weighted by molar-refractivity contribution is 7.99. The number of carbonyl (C=O) groups excluding carboxylic acids is 1. The average molecular weight is 340 g/mol. The van der Waals surface area contributed by atoms with Crippen LogP contribution >= 0.6 is 11.8 Å². The van der Waals surface area contributed by atoms with Crippen molar-refractivity contribution in [2.45, 2.75) is 17.9 Å². The molecule has 1 heterocycles. The van der Waals surface area contributed by atoms with Crippen LogP contribution in [0.3, 0.4) is 0 Å². The quantitative estimate of drug-likeness (QED) is 0.785. The third kappa shape index (κ3) is 5.28. The van der Waals surface area contributed by atoms with E-state index < -0.39 is 0 Å². The van der Waals surface area contributed by atoms with E-state index in [1.807, 2.05) is 43.3 Å². The lowest BCUT2D eigenvalue weighted by atomic mass is 10.2. The Morgan fingerprint density at radius 1 is 1.29 bits per heavy atom. The minimum Gasteiger partial charge on any atom is -0.362 e. The summed E-state index contributed by atoms with van der Waals surface area (Å²) in [6.45, 7) is 0.474. The second-order valence-corrected chi connectivity index (χ2v) is 6.56. The molecule has 2 aromatic rings. The molecule has 0 unspecified atom stereocenters. The molecule has 1 aromatic carbocycles. The van der Waals surface area contributed by atoms with E-state index in [1.165, 1.54) is 0 Å². The number of hydrogen-bond donors (Lipinski definition) is 1. The minimum atomic E-state index is 0.0182. The van der Waals surface area contributed by atoms with Crippen molar-refractivity contribution < 1.29 is 4.79 Å². The lowest BCUT2D eigenvalue weighted by Gasteiger charge is -2.16. The van der Waals surface area contributed by atoms with Gasteiger partial charge in [0.15, 0.2) is 0 Å². The predicted octanol–water partition coefficient (Wildman–Crippen LogP) is 2.82. The Hall–Kier alpha value is -2.52. The number of nitrogens with one attached hydrogen (secondary N) is 1. The van der Waals surface area contributed by atoms with E-state index in [-0.39, 0.29) is 5.91 Å². The van der Waals surface area contributed by atoms with Crippen molar-refractivity contribution in [2.24, 2.45) is 0 Å². The van der Waals surface area contributed by atoms with Crippen molar-refractivity contribution >= 4 is 23.5 Å². The van der Waals surface area contributed by atoms with Crippen LogP contribution in [-0.4, -0.2) is 30.7 Å². The van der Waals surface area contributed by atoms with Crippen molar-refractivity contribution in [3.8, 4) is 6.07 Å². The van der Waals surface area contributed by atoms with Crippen LogP contribution in [0.5, 0.6) is 0 Å². The lowest BCUT2D eigenvalue weighted by molar-refractivity contribution is -0.120. The molecule has 24 heavy (non-hydrogen) atoms. The summed E-state index contributed by atoms with van der Waals surface area (Å²) in [5.74, 6) is 1.58. The molecule has 0 radical (unpaired) electrons. The molecule has 0 spiro atoms. The molecule has 124 valence electrons. The second-order valence-electron chi connectivity index (χ2n) is 5.39. The van der Waals surface area contributed by atoms with Crippen LogP contribution in [0.15, 0.2) is 47.5 Å². The number of anilines is 1. The molecular weight excluding hydrogens is 320 g/mol. The number of thioether (sulfide) groups is 1.